The molecule has 0 aliphatic carbocycles. The van der Waals surface area contributed by atoms with Crippen molar-refractivity contribution in [3.63, 3.8) is 0 Å². The summed E-state index contributed by atoms with van der Waals surface area (Å²) < 4.78 is 1.55. The summed E-state index contributed by atoms with van der Waals surface area (Å²) in [4.78, 5) is 16.1. The van der Waals surface area contributed by atoms with Gasteiger partial charge >= 0.3 is 0 Å². The molecule has 2 rings (SSSR count). The van der Waals surface area contributed by atoms with Crippen molar-refractivity contribution in [3.05, 3.63) is 40.8 Å². The smallest absolute Gasteiger partial charge is 0.270 e. The van der Waals surface area contributed by atoms with Crippen molar-refractivity contribution in [2.24, 2.45) is 5.92 Å². The molecule has 4 heteroatoms. The molecule has 0 saturated carbocycles. The molecule has 0 bridgehead atoms. The Morgan fingerprint density at radius 1 is 1.26 bits per heavy atom. The highest BCUT2D eigenvalue weighted by atomic mass is 16.1. The van der Waals surface area contributed by atoms with E-state index in [9.17, 15) is 4.79 Å². The van der Waals surface area contributed by atoms with Gasteiger partial charge in [0.15, 0.2) is 5.65 Å². The van der Waals surface area contributed by atoms with Gasteiger partial charge in [-0.1, -0.05) is 26.7 Å². The Morgan fingerprint density at radius 2 is 2.11 bits per heavy atom. The van der Waals surface area contributed by atoms with Gasteiger partial charge in [-0.3, -0.25) is 4.79 Å². The molecule has 1 N–H and O–H groups in total. The second-order valence-electron chi connectivity index (χ2n) is 5.22. The lowest BCUT2D eigenvalue weighted by atomic mass is 10.1. The van der Waals surface area contributed by atoms with Crippen molar-refractivity contribution in [2.75, 3.05) is 12.0 Å². The van der Waals surface area contributed by atoms with E-state index in [1.54, 1.807) is 16.9 Å². The molecule has 0 amide bonds. The van der Waals surface area contributed by atoms with Gasteiger partial charge in [0.1, 0.15) is 0 Å². The maximum Gasteiger partial charge on any atom is 0.270 e. The average molecular weight is 259 g/mol. The first-order valence-corrected chi connectivity index (χ1v) is 6.89. The Balaban J connectivity index is 2.04. The standard InChI is InChI=1S/C15H21N3O/c1-12(2)6-3-4-11-17-18-14(19)9-8-13-7-5-10-16-15(13)18/h5,7-10,12,17H,3-4,6,11H2,1-2H3. The predicted molar refractivity (Wildman–Crippen MR) is 78.9 cm³/mol. The second-order valence-corrected chi connectivity index (χ2v) is 5.22. The Hall–Kier alpha value is -1.84. The maximum absolute atomic E-state index is 11.9. The molecule has 0 unspecified atom stereocenters. The SMILES string of the molecule is CC(C)CCCCNn1c(=O)ccc2cccnc21. The molecule has 0 fully saturated rings. The largest absolute Gasteiger partial charge is 0.321 e. The molecule has 2 heterocycles. The first kappa shape index (κ1) is 13.6. The molecule has 4 nitrogen and oxygen atoms in total. The van der Waals surface area contributed by atoms with Crippen LogP contribution in [0.3, 0.4) is 0 Å². The van der Waals surface area contributed by atoms with Crippen LogP contribution in [0.5, 0.6) is 0 Å². The van der Waals surface area contributed by atoms with Crippen LogP contribution in [-0.4, -0.2) is 16.2 Å². The zero-order valence-corrected chi connectivity index (χ0v) is 11.6. The van der Waals surface area contributed by atoms with E-state index in [4.69, 9.17) is 0 Å². The molecule has 0 radical (unpaired) electrons. The van der Waals surface area contributed by atoms with Gasteiger partial charge in [-0.2, -0.15) is 0 Å². The van der Waals surface area contributed by atoms with Gasteiger partial charge in [-0.25, -0.2) is 9.66 Å². The van der Waals surface area contributed by atoms with E-state index < -0.39 is 0 Å². The van der Waals surface area contributed by atoms with Gasteiger partial charge < -0.3 is 5.43 Å². The Labute approximate surface area is 113 Å². The highest BCUT2D eigenvalue weighted by molar-refractivity contribution is 5.74. The van der Waals surface area contributed by atoms with Crippen LogP contribution in [0.2, 0.25) is 0 Å². The van der Waals surface area contributed by atoms with Crippen molar-refractivity contribution < 1.29 is 0 Å². The minimum absolute atomic E-state index is 0.0601. The van der Waals surface area contributed by atoms with E-state index in [2.05, 4.69) is 24.3 Å². The van der Waals surface area contributed by atoms with Crippen LogP contribution < -0.4 is 11.0 Å². The van der Waals surface area contributed by atoms with Crippen molar-refractivity contribution in [1.29, 1.82) is 0 Å². The van der Waals surface area contributed by atoms with Crippen LogP contribution >= 0.6 is 0 Å². The van der Waals surface area contributed by atoms with E-state index >= 15 is 0 Å². The van der Waals surface area contributed by atoms with Gasteiger partial charge in [0, 0.05) is 24.2 Å². The minimum Gasteiger partial charge on any atom is -0.321 e. The summed E-state index contributed by atoms with van der Waals surface area (Å²) >= 11 is 0. The third-order valence-corrected chi connectivity index (χ3v) is 3.13. The lowest BCUT2D eigenvalue weighted by molar-refractivity contribution is 0.539. The van der Waals surface area contributed by atoms with Crippen molar-refractivity contribution >= 4 is 11.0 Å². The van der Waals surface area contributed by atoms with E-state index in [1.807, 2.05) is 18.2 Å². The number of fused-ring (bicyclic) bond motifs is 1. The number of nitrogens with one attached hydrogen (secondary N) is 1. The van der Waals surface area contributed by atoms with Crippen LogP contribution in [0.15, 0.2) is 35.3 Å². The van der Waals surface area contributed by atoms with E-state index in [0.29, 0.717) is 5.65 Å². The van der Waals surface area contributed by atoms with Crippen molar-refractivity contribution in [1.82, 2.24) is 9.66 Å². The zero-order valence-electron chi connectivity index (χ0n) is 11.6. The van der Waals surface area contributed by atoms with Gasteiger partial charge in [0.05, 0.1) is 0 Å². The first-order valence-electron chi connectivity index (χ1n) is 6.89. The quantitative estimate of drug-likeness (QED) is 0.811. The predicted octanol–water partition coefficient (Wildman–Crippen LogP) is 2.77. The number of rotatable bonds is 6. The summed E-state index contributed by atoms with van der Waals surface area (Å²) in [6.45, 7) is 5.25. The summed E-state index contributed by atoms with van der Waals surface area (Å²) in [5.74, 6) is 0.738. The number of nitrogens with zero attached hydrogens (tertiary/aromatic N) is 2. The summed E-state index contributed by atoms with van der Waals surface area (Å²) in [6.07, 6.45) is 5.18. The summed E-state index contributed by atoms with van der Waals surface area (Å²) in [7, 11) is 0. The lowest BCUT2D eigenvalue weighted by Crippen LogP contribution is -2.29. The van der Waals surface area contributed by atoms with E-state index in [1.165, 1.54) is 12.8 Å². The lowest BCUT2D eigenvalue weighted by Gasteiger charge is -2.11. The van der Waals surface area contributed by atoms with E-state index in [0.717, 1.165) is 24.3 Å². The average Bonchev–Trinajstić information content (AvgIpc) is 2.40. The fourth-order valence-electron chi connectivity index (χ4n) is 2.09. The fraction of sp³-hybridized carbons (Fsp3) is 0.467. The Kier molecular flexibility index (Phi) is 4.55. The summed E-state index contributed by atoms with van der Waals surface area (Å²) in [5.41, 5.74) is 3.80. The molecule has 0 aliphatic heterocycles. The molecule has 102 valence electrons. The number of pyridine rings is 2. The number of hydrogen-bond acceptors (Lipinski definition) is 3. The number of unbranched alkanes of at least 4 members (excludes halogenated alkanes) is 1. The molecule has 0 spiro atoms. The molecule has 0 saturated heterocycles. The van der Waals surface area contributed by atoms with Crippen LogP contribution in [-0.2, 0) is 0 Å². The fourth-order valence-corrected chi connectivity index (χ4v) is 2.09. The first-order chi connectivity index (χ1) is 9.18. The number of aromatic nitrogens is 2. The van der Waals surface area contributed by atoms with E-state index in [-0.39, 0.29) is 5.56 Å². The zero-order chi connectivity index (χ0) is 13.7. The molecule has 0 atom stereocenters. The molecule has 0 aliphatic rings. The molecule has 19 heavy (non-hydrogen) atoms. The minimum atomic E-state index is -0.0601. The Bertz CT molecular complexity index is 589. The van der Waals surface area contributed by atoms with Crippen LogP contribution in [0.4, 0.5) is 0 Å². The van der Waals surface area contributed by atoms with Gasteiger partial charge in [0.2, 0.25) is 0 Å². The van der Waals surface area contributed by atoms with Crippen LogP contribution in [0.1, 0.15) is 33.1 Å². The third-order valence-electron chi connectivity index (χ3n) is 3.13. The second kappa shape index (κ2) is 6.36. The molecule has 2 aromatic heterocycles. The van der Waals surface area contributed by atoms with Crippen molar-refractivity contribution in [2.45, 2.75) is 33.1 Å². The van der Waals surface area contributed by atoms with Crippen LogP contribution in [0.25, 0.3) is 11.0 Å². The van der Waals surface area contributed by atoms with Gasteiger partial charge in [-0.05, 0) is 30.5 Å². The molecular weight excluding hydrogens is 238 g/mol. The highest BCUT2D eigenvalue weighted by Gasteiger charge is 2.02. The molecule has 0 aromatic carbocycles. The summed E-state index contributed by atoms with van der Waals surface area (Å²) in [6, 6.07) is 7.21. The van der Waals surface area contributed by atoms with Crippen LogP contribution in [0, 0.1) is 5.92 Å². The Morgan fingerprint density at radius 3 is 2.89 bits per heavy atom. The topological polar surface area (TPSA) is 46.9 Å². The maximum atomic E-state index is 11.9. The van der Waals surface area contributed by atoms with Gasteiger partial charge in [-0.15, -0.1) is 0 Å². The number of hydrogen-bond donors (Lipinski definition) is 1. The monoisotopic (exact) mass is 259 g/mol. The normalized spacial score (nSPS) is 11.1. The van der Waals surface area contributed by atoms with Crippen molar-refractivity contribution in [3.8, 4) is 0 Å². The molecule has 2 aromatic rings. The highest BCUT2D eigenvalue weighted by Crippen LogP contribution is 2.07. The third kappa shape index (κ3) is 3.56. The van der Waals surface area contributed by atoms with Gasteiger partial charge in [0.25, 0.3) is 5.56 Å². The molecular formula is C15H21N3O. The summed E-state index contributed by atoms with van der Waals surface area (Å²) in [5, 5.41) is 0.969.